The minimum Gasteiger partial charge on any atom is -0.472 e. The molecule has 10 rings (SSSR count). The van der Waals surface area contributed by atoms with Gasteiger partial charge >= 0.3 is 23.9 Å². The van der Waals surface area contributed by atoms with Gasteiger partial charge in [0.1, 0.15) is 116 Å². The minimum absolute atomic E-state index is 0.0243. The molecular weight excluding hydrogens is 1380 g/mol. The van der Waals surface area contributed by atoms with Crippen LogP contribution in [0.15, 0.2) is 84.3 Å². The third kappa shape index (κ3) is 15.6. The average molecular weight is 1480 g/mol. The number of ether oxygens (including phenoxy) is 16. The Balaban J connectivity index is 0.986. The molecule has 0 amide bonds. The Labute approximate surface area is 587 Å². The number of carbonyl (C=O) groups excluding carboxylic acids is 5. The first-order chi connectivity index (χ1) is 49.1. The summed E-state index contributed by atoms with van der Waals surface area (Å²) in [5, 5.41) is 169. The summed E-state index contributed by atoms with van der Waals surface area (Å²) in [7, 11) is 2.22. The molecule has 4 saturated heterocycles. The Hall–Kier alpha value is -6.03. The van der Waals surface area contributed by atoms with Crippen LogP contribution in [0, 0.1) is 59.2 Å². The highest BCUT2D eigenvalue weighted by Crippen LogP contribution is 2.52. The summed E-state index contributed by atoms with van der Waals surface area (Å²) in [6.45, 7) is 7.78. The zero-order valence-corrected chi connectivity index (χ0v) is 56.0. The van der Waals surface area contributed by atoms with E-state index in [4.69, 9.17) is 75.8 Å². The van der Waals surface area contributed by atoms with Crippen LogP contribution >= 0.6 is 0 Å². The highest BCUT2D eigenvalue weighted by Gasteiger charge is 2.59. The molecule has 8 aliphatic heterocycles. The molecule has 0 aromatic carbocycles. The molecule has 0 spiro atoms. The van der Waals surface area contributed by atoms with Crippen LogP contribution in [0.1, 0.15) is 33.1 Å². The number of aliphatic hydroxyl groups is 16. The number of allylic oxidation sites excluding steroid dienone is 2. The zero-order valence-electron chi connectivity index (χ0n) is 56.0. The summed E-state index contributed by atoms with van der Waals surface area (Å²) in [5.74, 6) is -15.1. The van der Waals surface area contributed by atoms with E-state index in [-0.39, 0.29) is 35.1 Å². The van der Waals surface area contributed by atoms with Crippen molar-refractivity contribution in [1.29, 1.82) is 0 Å². The Morgan fingerprint density at radius 2 is 0.757 bits per heavy atom. The fraction of sp³-hybridized carbons (Fsp3) is 0.712. The first-order valence-electron chi connectivity index (χ1n) is 33.4. The van der Waals surface area contributed by atoms with Crippen molar-refractivity contribution in [2.45, 2.75) is 193 Å². The highest BCUT2D eigenvalue weighted by molar-refractivity contribution is 5.93. The number of esters is 4. The van der Waals surface area contributed by atoms with Crippen molar-refractivity contribution in [3.63, 3.8) is 0 Å². The van der Waals surface area contributed by atoms with Gasteiger partial charge < -0.3 is 157 Å². The zero-order chi connectivity index (χ0) is 74.9. The molecule has 6 fully saturated rings. The van der Waals surface area contributed by atoms with E-state index in [0.29, 0.717) is 6.29 Å². The number of fused-ring (bicyclic) bond motifs is 2. The van der Waals surface area contributed by atoms with E-state index in [1.54, 1.807) is 13.8 Å². The molecule has 37 nitrogen and oxygen atoms in total. The van der Waals surface area contributed by atoms with Gasteiger partial charge in [0.25, 0.3) is 0 Å². The molecular formula is C66H90O37. The smallest absolute Gasteiger partial charge is 0.338 e. The van der Waals surface area contributed by atoms with Crippen LogP contribution in [0.3, 0.4) is 0 Å². The maximum Gasteiger partial charge on any atom is 0.338 e. The third-order valence-corrected chi connectivity index (χ3v) is 21.2. The lowest BCUT2D eigenvalue weighted by Gasteiger charge is -2.43. The van der Waals surface area contributed by atoms with Crippen molar-refractivity contribution < 1.29 is 181 Å². The van der Waals surface area contributed by atoms with Crippen LogP contribution in [-0.2, 0) is 99.8 Å². The first kappa shape index (κ1) is 79.5. The molecule has 10 aliphatic rings. The Morgan fingerprint density at radius 3 is 1.10 bits per heavy atom. The summed E-state index contributed by atoms with van der Waals surface area (Å²) in [6.07, 6.45) is -37.1. The summed E-state index contributed by atoms with van der Waals surface area (Å²) in [4.78, 5) is 71.3. The van der Waals surface area contributed by atoms with Crippen molar-refractivity contribution in [3.05, 3.63) is 84.3 Å². The molecule has 8 heterocycles. The summed E-state index contributed by atoms with van der Waals surface area (Å²) in [6, 6.07) is 0. The second kappa shape index (κ2) is 33.8. The second-order valence-electron chi connectivity index (χ2n) is 26.8. The van der Waals surface area contributed by atoms with Gasteiger partial charge in [-0.2, -0.15) is 0 Å². The van der Waals surface area contributed by atoms with E-state index in [2.05, 4.69) is 13.2 Å². The van der Waals surface area contributed by atoms with Gasteiger partial charge in [0, 0.05) is 53.3 Å². The van der Waals surface area contributed by atoms with E-state index in [9.17, 15) is 96.1 Å². The number of rotatable bonds is 24. The van der Waals surface area contributed by atoms with Gasteiger partial charge in [-0.05, 0) is 24.8 Å². The lowest BCUT2D eigenvalue weighted by atomic mass is 9.76. The Kier molecular flexibility index (Phi) is 26.1. The molecule has 16 N–H and O–H groups in total. The van der Waals surface area contributed by atoms with Gasteiger partial charge in [-0.3, -0.25) is 4.79 Å². The van der Waals surface area contributed by atoms with Crippen molar-refractivity contribution in [3.8, 4) is 0 Å². The van der Waals surface area contributed by atoms with E-state index in [0.717, 1.165) is 39.3 Å². The molecule has 2 aliphatic carbocycles. The molecule has 103 heavy (non-hydrogen) atoms. The number of aliphatic hydroxyl groups excluding tert-OH is 16. The maximum atomic E-state index is 15.3. The molecule has 0 aromatic rings. The van der Waals surface area contributed by atoms with Gasteiger partial charge in [-0.15, -0.1) is 13.2 Å². The SMILES string of the molecule is C=C[C@H]1[C@H](O[C@@H]2O[C@H](CO)[C@@H](O)[C@H](O)[C@H]2O)OC=C(C(=O)O[C@H]2C[C@@H]3C(C(=O)OC)=CO[C@@H](O[C@@H]4O[C@H](CO)[C@@H](O)[C@H](O)[C@H]4O)[C@@H]3[C@H]2C)[C@H]1C/C=C(/C=O)C1C(C(=O)O[C@@H]2C[C@@H]3C(C(=O)OC)=CO[C@@H](O[C@@H]4O[C@H](CO)[C@@H](O)[C@H](O)[C@H]4O)[C@@H]3[C@@H]2C)=CO[C@@H](O[C@@H]2O[C@H](CO)[C@@H](O)[C@H](O)[C@H]2O)[C@@H]1C=C. The average Bonchev–Trinajstić information content (AvgIpc) is 1.67. The van der Waals surface area contributed by atoms with Gasteiger partial charge in [-0.1, -0.05) is 32.1 Å². The summed E-state index contributed by atoms with van der Waals surface area (Å²) in [5.41, 5.74) is -1.13. The highest BCUT2D eigenvalue weighted by atomic mass is 16.8. The predicted molar refractivity (Wildman–Crippen MR) is 330 cm³/mol. The molecule has 36 atom stereocenters. The van der Waals surface area contributed by atoms with E-state index in [1.165, 1.54) is 18.2 Å². The van der Waals surface area contributed by atoms with E-state index in [1.807, 2.05) is 0 Å². The monoisotopic (exact) mass is 1470 g/mol. The summed E-state index contributed by atoms with van der Waals surface area (Å²) < 4.78 is 93.4. The topological polar surface area (TPSA) is 557 Å². The number of hydrogen-bond donors (Lipinski definition) is 16. The van der Waals surface area contributed by atoms with Crippen LogP contribution in [0.2, 0.25) is 0 Å². The second-order valence-corrected chi connectivity index (χ2v) is 26.8. The number of hydrogen-bond acceptors (Lipinski definition) is 37. The van der Waals surface area contributed by atoms with Crippen LogP contribution in [0.5, 0.6) is 0 Å². The van der Waals surface area contributed by atoms with Crippen molar-refractivity contribution >= 4 is 30.2 Å². The summed E-state index contributed by atoms with van der Waals surface area (Å²) >= 11 is 0. The van der Waals surface area contributed by atoms with Crippen molar-refractivity contribution in [2.24, 2.45) is 59.2 Å². The van der Waals surface area contributed by atoms with Gasteiger partial charge in [-0.25, -0.2) is 19.2 Å². The number of methoxy groups -OCH3 is 2. The van der Waals surface area contributed by atoms with Gasteiger partial charge in [0.15, 0.2) is 25.2 Å². The molecule has 1 unspecified atom stereocenters. The van der Waals surface area contributed by atoms with E-state index >= 15 is 9.59 Å². The van der Waals surface area contributed by atoms with Crippen LogP contribution in [-0.4, -0.2) is 313 Å². The normalized spacial score (nSPS) is 45.3. The van der Waals surface area contributed by atoms with Crippen molar-refractivity contribution in [2.75, 3.05) is 40.6 Å². The van der Waals surface area contributed by atoms with Gasteiger partial charge in [0.05, 0.1) is 93.9 Å². The molecule has 576 valence electrons. The third-order valence-electron chi connectivity index (χ3n) is 21.2. The Morgan fingerprint density at radius 1 is 0.437 bits per heavy atom. The molecule has 2 saturated carbocycles. The van der Waals surface area contributed by atoms with Crippen LogP contribution < -0.4 is 0 Å². The lowest BCUT2D eigenvalue weighted by Crippen LogP contribution is -2.60. The lowest BCUT2D eigenvalue weighted by molar-refractivity contribution is -0.342. The van der Waals surface area contributed by atoms with Crippen LogP contribution in [0.4, 0.5) is 0 Å². The quantitative estimate of drug-likeness (QED) is 0.0140. The number of aldehydes is 1. The largest absolute Gasteiger partial charge is 0.472 e. The van der Waals surface area contributed by atoms with Gasteiger partial charge in [0.2, 0.25) is 25.2 Å². The Bertz CT molecular complexity index is 3170. The molecule has 0 bridgehead atoms. The fourth-order valence-electron chi connectivity index (χ4n) is 15.2. The molecule has 0 aromatic heterocycles. The standard InChI is InChI=1S/C66H90O37/c1-7-25-27(30(18-90-59(25)100-63-51(80)47(76)43(72)36(14-68)96-63)57(86)94-34-11-28-31(55(84)88-5)19-92-61(40(28)22(34)3)102-65-53(82)49(78)45(74)38(16-70)98-65)10-9-24(13-67)42-26(8-2)60(101-64-52(81)48(77)44(73)37(15-69)97-64)91-21-33(42)58(87)95-35-12-29-32(56(85)89-6)20-93-62(41(29)23(35)4)103-66-54(83)50(79)46(75)39(17-71)99-66/h7-9,13,18-23,25-29,34-54,59-66,68-83H,1-2,10-12,14-17H2,3-6H3/b24-9-/t22-,23+,25+,26+,27-,28+,29+,34-,35+,36+,37+,38+,39+,40+,41+,42?,43+,44+,45+,46+,47-,48-,49-,50-,51+,52+,53+,54+,59-,60-,61-,62-,63-,64-,65-,66-/m0/s1. The minimum atomic E-state index is -2.02. The van der Waals surface area contributed by atoms with E-state index < -0.39 is 282 Å². The predicted octanol–water partition coefficient (Wildman–Crippen LogP) is -6.72. The van der Waals surface area contributed by atoms with Crippen LogP contribution in [0.25, 0.3) is 0 Å². The number of carbonyl (C=O) groups is 5. The molecule has 0 radical (unpaired) electrons. The molecule has 37 heteroatoms. The fourth-order valence-corrected chi connectivity index (χ4v) is 15.2. The maximum absolute atomic E-state index is 15.3. The van der Waals surface area contributed by atoms with Crippen molar-refractivity contribution in [1.82, 2.24) is 0 Å². The first-order valence-corrected chi connectivity index (χ1v) is 33.4.